The summed E-state index contributed by atoms with van der Waals surface area (Å²) in [5.41, 5.74) is 8.87. The van der Waals surface area contributed by atoms with Crippen LogP contribution in [0.15, 0.2) is 48.5 Å². The van der Waals surface area contributed by atoms with Gasteiger partial charge in [0.15, 0.2) is 0 Å². The molecule has 6 atom stereocenters. The van der Waals surface area contributed by atoms with Gasteiger partial charge in [-0.05, 0) is 94.2 Å². The third-order valence-electron chi connectivity index (χ3n) is 18.2. The van der Waals surface area contributed by atoms with E-state index < -0.39 is 0 Å². The van der Waals surface area contributed by atoms with Crippen LogP contribution >= 0.6 is 0 Å². The molecule has 0 aliphatic heterocycles. The maximum atomic E-state index is 7.27. The van der Waals surface area contributed by atoms with Crippen molar-refractivity contribution in [2.75, 3.05) is 13.7 Å². The summed E-state index contributed by atoms with van der Waals surface area (Å²) in [6.07, 6.45) is 63.7. The summed E-state index contributed by atoms with van der Waals surface area (Å²) in [4.78, 5) is 0. The molecule has 1 saturated carbocycles. The monoisotopic (exact) mass is 1130 g/mol. The number of unbranched alkanes of at least 4 members (excludes halogenated alkanes) is 39. The molecule has 1 aliphatic rings. The summed E-state index contributed by atoms with van der Waals surface area (Å²) in [6, 6.07) is 16.2. The van der Waals surface area contributed by atoms with Crippen LogP contribution in [0.2, 0.25) is 0 Å². The number of rotatable bonds is 57. The zero-order chi connectivity index (χ0) is 58.1. The van der Waals surface area contributed by atoms with Gasteiger partial charge in [-0.1, -0.05) is 315 Å². The summed E-state index contributed by atoms with van der Waals surface area (Å²) in [5, 5.41) is 0. The molecule has 0 heterocycles. The standard InChI is InChI=1S/C75H135NO5/c1-8-11-14-17-20-23-26-29-32-35-38-41-44-47-50-64(4)79-72-61-67(63-78-71-59-55-69(56-60-71)74(76)68-53-57-70(77-7)58-54-68)62-73(80-65(5)51-48-45-42-39-36-33-30-27-24-21-18-15-12-9-2)75(72)81-66(6)52-49-46-43-40-37-34-31-28-25-22-19-16-13-10-3/h53-60,64-67,72-75H,8-52,61-63,76H2,1-7H3. The Bertz CT molecular complexity index is 1580. The van der Waals surface area contributed by atoms with Crippen molar-refractivity contribution in [2.45, 2.75) is 386 Å². The Morgan fingerprint density at radius 3 is 0.901 bits per heavy atom. The zero-order valence-electron chi connectivity index (χ0n) is 54.8. The molecule has 2 aromatic rings. The van der Waals surface area contributed by atoms with E-state index >= 15 is 0 Å². The minimum Gasteiger partial charge on any atom is -0.497 e. The molecular formula is C75H135NO5. The molecule has 81 heavy (non-hydrogen) atoms. The summed E-state index contributed by atoms with van der Waals surface area (Å²) in [6.45, 7) is 14.5. The lowest BCUT2D eigenvalue weighted by molar-refractivity contribution is -0.206. The van der Waals surface area contributed by atoms with Crippen molar-refractivity contribution in [3.8, 4) is 11.5 Å². The van der Waals surface area contributed by atoms with Gasteiger partial charge in [0.1, 0.15) is 17.6 Å². The summed E-state index contributed by atoms with van der Waals surface area (Å²) >= 11 is 0. The van der Waals surface area contributed by atoms with E-state index in [1.54, 1.807) is 7.11 Å². The van der Waals surface area contributed by atoms with Crippen LogP contribution < -0.4 is 15.2 Å². The summed E-state index contributed by atoms with van der Waals surface area (Å²) < 4.78 is 33.8. The van der Waals surface area contributed by atoms with Gasteiger partial charge >= 0.3 is 0 Å². The van der Waals surface area contributed by atoms with Gasteiger partial charge < -0.3 is 29.4 Å². The average molecular weight is 1130 g/mol. The number of hydrogen-bond donors (Lipinski definition) is 1. The minimum atomic E-state index is -0.217. The lowest BCUT2D eigenvalue weighted by atomic mass is 9.82. The highest BCUT2D eigenvalue weighted by atomic mass is 16.6. The minimum absolute atomic E-state index is 0.0316. The molecule has 470 valence electrons. The second kappa shape index (κ2) is 51.1. The Morgan fingerprint density at radius 2 is 0.617 bits per heavy atom. The molecule has 0 radical (unpaired) electrons. The smallest absolute Gasteiger partial charge is 0.119 e. The molecule has 2 N–H and O–H groups in total. The first-order valence-electron chi connectivity index (χ1n) is 35.9. The van der Waals surface area contributed by atoms with Gasteiger partial charge in [-0.15, -0.1) is 0 Å². The van der Waals surface area contributed by atoms with E-state index in [4.69, 9.17) is 29.4 Å². The first-order valence-corrected chi connectivity index (χ1v) is 35.9. The van der Waals surface area contributed by atoms with Crippen LogP contribution in [0, 0.1) is 5.92 Å². The van der Waals surface area contributed by atoms with Gasteiger partial charge in [0.25, 0.3) is 0 Å². The molecule has 0 amide bonds. The molecule has 6 nitrogen and oxygen atoms in total. The van der Waals surface area contributed by atoms with E-state index in [9.17, 15) is 0 Å². The summed E-state index contributed by atoms with van der Waals surface area (Å²) in [5.74, 6) is 2.01. The Hall–Kier alpha value is -2.12. The van der Waals surface area contributed by atoms with E-state index in [0.717, 1.165) is 54.7 Å². The van der Waals surface area contributed by atoms with E-state index in [-0.39, 0.29) is 42.7 Å². The Kier molecular flexibility index (Phi) is 46.2. The normalized spacial score (nSPS) is 18.0. The van der Waals surface area contributed by atoms with Crippen LogP contribution in [0.4, 0.5) is 0 Å². The first kappa shape index (κ1) is 73.1. The predicted octanol–water partition coefficient (Wildman–Crippen LogP) is 23.5. The van der Waals surface area contributed by atoms with Crippen LogP contribution in [0.3, 0.4) is 0 Å². The molecule has 0 spiro atoms. The molecule has 0 aromatic heterocycles. The first-order chi connectivity index (χ1) is 39.8. The Morgan fingerprint density at radius 1 is 0.358 bits per heavy atom. The fourth-order valence-corrected chi connectivity index (χ4v) is 12.8. The van der Waals surface area contributed by atoms with Crippen LogP contribution in [-0.2, 0) is 14.2 Å². The van der Waals surface area contributed by atoms with Crippen molar-refractivity contribution >= 4 is 0 Å². The number of ether oxygens (including phenoxy) is 5. The predicted molar refractivity (Wildman–Crippen MR) is 351 cm³/mol. The van der Waals surface area contributed by atoms with E-state index in [0.29, 0.717) is 12.5 Å². The highest BCUT2D eigenvalue weighted by molar-refractivity contribution is 5.37. The van der Waals surface area contributed by atoms with Crippen molar-refractivity contribution in [1.29, 1.82) is 0 Å². The number of nitrogens with two attached hydrogens (primary N) is 1. The van der Waals surface area contributed by atoms with Crippen molar-refractivity contribution in [3.63, 3.8) is 0 Å². The van der Waals surface area contributed by atoms with Crippen molar-refractivity contribution in [1.82, 2.24) is 0 Å². The largest absolute Gasteiger partial charge is 0.497 e. The fourth-order valence-electron chi connectivity index (χ4n) is 12.8. The van der Waals surface area contributed by atoms with Gasteiger partial charge in [-0.2, -0.15) is 0 Å². The zero-order valence-corrected chi connectivity index (χ0v) is 54.8. The van der Waals surface area contributed by atoms with Crippen LogP contribution in [0.1, 0.15) is 360 Å². The van der Waals surface area contributed by atoms with Crippen LogP contribution in [0.25, 0.3) is 0 Å². The third-order valence-corrected chi connectivity index (χ3v) is 18.2. The van der Waals surface area contributed by atoms with E-state index in [1.165, 1.54) is 270 Å². The fraction of sp³-hybridized carbons (Fsp3) is 0.840. The Balaban J connectivity index is 1.61. The van der Waals surface area contributed by atoms with E-state index in [2.05, 4.69) is 65.8 Å². The van der Waals surface area contributed by atoms with Crippen LogP contribution in [-0.4, -0.2) is 50.3 Å². The molecule has 0 bridgehead atoms. The van der Waals surface area contributed by atoms with Gasteiger partial charge in [0.05, 0.1) is 50.3 Å². The van der Waals surface area contributed by atoms with Crippen molar-refractivity contribution in [3.05, 3.63) is 59.7 Å². The van der Waals surface area contributed by atoms with Crippen molar-refractivity contribution in [2.24, 2.45) is 11.7 Å². The number of hydrogen-bond acceptors (Lipinski definition) is 6. The van der Waals surface area contributed by atoms with Gasteiger partial charge in [0.2, 0.25) is 0 Å². The lowest BCUT2D eigenvalue weighted by Gasteiger charge is -2.44. The van der Waals surface area contributed by atoms with Gasteiger partial charge in [-0.25, -0.2) is 0 Å². The Labute approximate surface area is 503 Å². The molecule has 1 aliphatic carbocycles. The third kappa shape index (κ3) is 37.8. The quantitative estimate of drug-likeness (QED) is 0.0666. The highest BCUT2D eigenvalue weighted by Crippen LogP contribution is 2.36. The van der Waals surface area contributed by atoms with E-state index in [1.807, 2.05) is 24.3 Å². The second-order valence-electron chi connectivity index (χ2n) is 26.0. The van der Waals surface area contributed by atoms with Crippen molar-refractivity contribution < 1.29 is 23.7 Å². The lowest BCUT2D eigenvalue weighted by Crippen LogP contribution is -2.52. The van der Waals surface area contributed by atoms with Crippen LogP contribution in [0.5, 0.6) is 11.5 Å². The number of benzene rings is 2. The highest BCUT2D eigenvalue weighted by Gasteiger charge is 2.42. The van der Waals surface area contributed by atoms with Gasteiger partial charge in [0, 0.05) is 0 Å². The van der Waals surface area contributed by atoms with Gasteiger partial charge in [-0.3, -0.25) is 0 Å². The molecule has 2 aromatic carbocycles. The SMILES string of the molecule is CCCCCCCCCCCCCCCCC(C)OC1CC(COc2ccc(C(N)c3ccc(OC)cc3)cc2)CC(OC(C)CCCCCCCCCCCCCCCC)C1OC(C)CCCCCCCCCCCCCCCC. The molecule has 6 heteroatoms. The molecule has 6 unspecified atom stereocenters. The number of methoxy groups -OCH3 is 1. The second-order valence-corrected chi connectivity index (χ2v) is 26.0. The average Bonchev–Trinajstić information content (AvgIpc) is 3.64. The molecular weight excluding hydrogens is 995 g/mol. The molecule has 1 fully saturated rings. The molecule has 0 saturated heterocycles. The maximum absolute atomic E-state index is 7.27. The maximum Gasteiger partial charge on any atom is 0.119 e. The topological polar surface area (TPSA) is 72.2 Å². The molecule has 3 rings (SSSR count). The summed E-state index contributed by atoms with van der Waals surface area (Å²) in [7, 11) is 1.70.